The van der Waals surface area contributed by atoms with E-state index in [1.54, 1.807) is 6.92 Å². The summed E-state index contributed by atoms with van der Waals surface area (Å²) in [6.07, 6.45) is -4.94. The van der Waals surface area contributed by atoms with Crippen molar-refractivity contribution < 1.29 is 26.7 Å². The maximum absolute atomic E-state index is 12.5. The number of aryl methyl sites for hydroxylation is 1. The lowest BCUT2D eigenvalue weighted by Gasteiger charge is -2.18. The normalized spacial score (nSPS) is 12.4. The third-order valence-electron chi connectivity index (χ3n) is 1.81. The van der Waals surface area contributed by atoms with Crippen molar-refractivity contribution in [3.8, 4) is 0 Å². The Balaban J connectivity index is 2.83. The smallest absolute Gasteiger partial charge is 0.319 e. The van der Waals surface area contributed by atoms with E-state index in [2.05, 4.69) is 4.98 Å². The summed E-state index contributed by atoms with van der Waals surface area (Å²) >= 11 is 0. The van der Waals surface area contributed by atoms with Crippen LogP contribution in [0, 0.1) is 6.92 Å². The molecule has 0 atom stereocenters. The van der Waals surface area contributed by atoms with Gasteiger partial charge in [0.05, 0.1) is 11.9 Å². The second-order valence-electron chi connectivity index (χ2n) is 3.21. The standard InChI is InChI=1S/C9H7F5N2O/c1-5-2-3-6(4-15-5)16-7(17)8(10,11)9(12,13)14/h2-4H,1H3,(H,16,17). The lowest BCUT2D eigenvalue weighted by Crippen LogP contribution is -2.47. The van der Waals surface area contributed by atoms with Crippen LogP contribution >= 0.6 is 0 Å². The molecule has 17 heavy (non-hydrogen) atoms. The molecule has 1 heterocycles. The second-order valence-corrected chi connectivity index (χ2v) is 3.21. The first-order chi connectivity index (χ1) is 7.64. The predicted molar refractivity (Wildman–Crippen MR) is 48.6 cm³/mol. The molecule has 0 spiro atoms. The summed E-state index contributed by atoms with van der Waals surface area (Å²) in [5.74, 6) is -7.87. The topological polar surface area (TPSA) is 42.0 Å². The molecule has 0 aliphatic heterocycles. The fraction of sp³-hybridized carbons (Fsp3) is 0.333. The van der Waals surface area contributed by atoms with Crippen LogP contribution in [0.5, 0.6) is 0 Å². The molecule has 0 saturated heterocycles. The molecule has 1 aromatic rings. The third-order valence-corrected chi connectivity index (χ3v) is 1.81. The summed E-state index contributed by atoms with van der Waals surface area (Å²) in [7, 11) is 0. The Labute approximate surface area is 92.6 Å². The number of aromatic nitrogens is 1. The van der Waals surface area contributed by atoms with Gasteiger partial charge in [-0.2, -0.15) is 22.0 Å². The van der Waals surface area contributed by atoms with Gasteiger partial charge in [-0.05, 0) is 19.1 Å². The number of carbonyl (C=O) groups is 1. The minimum absolute atomic E-state index is 0.232. The van der Waals surface area contributed by atoms with E-state index >= 15 is 0 Å². The van der Waals surface area contributed by atoms with E-state index < -0.39 is 18.0 Å². The number of pyridine rings is 1. The minimum atomic E-state index is -5.92. The van der Waals surface area contributed by atoms with Crippen LogP contribution in [0.4, 0.5) is 27.6 Å². The molecule has 1 rings (SSSR count). The summed E-state index contributed by atoms with van der Waals surface area (Å²) in [5, 5.41) is 1.44. The van der Waals surface area contributed by atoms with Gasteiger partial charge in [-0.15, -0.1) is 0 Å². The molecule has 0 unspecified atom stereocenters. The van der Waals surface area contributed by atoms with Crippen molar-refractivity contribution in [1.82, 2.24) is 4.98 Å². The third kappa shape index (κ3) is 2.89. The van der Waals surface area contributed by atoms with Crippen molar-refractivity contribution in [2.24, 2.45) is 0 Å². The first-order valence-corrected chi connectivity index (χ1v) is 4.33. The van der Waals surface area contributed by atoms with E-state index in [1.807, 2.05) is 0 Å². The molecule has 1 amide bonds. The largest absolute Gasteiger partial charge is 0.463 e. The van der Waals surface area contributed by atoms with E-state index in [0.717, 1.165) is 6.20 Å². The number of hydrogen-bond acceptors (Lipinski definition) is 2. The van der Waals surface area contributed by atoms with Gasteiger partial charge in [0, 0.05) is 5.69 Å². The number of amides is 1. The van der Waals surface area contributed by atoms with Gasteiger partial charge in [-0.3, -0.25) is 9.78 Å². The maximum Gasteiger partial charge on any atom is 0.463 e. The molecule has 0 aliphatic rings. The van der Waals surface area contributed by atoms with Crippen LogP contribution < -0.4 is 5.32 Å². The highest BCUT2D eigenvalue weighted by Crippen LogP contribution is 2.36. The van der Waals surface area contributed by atoms with Crippen molar-refractivity contribution in [3.05, 3.63) is 24.0 Å². The molecule has 0 bridgehead atoms. The van der Waals surface area contributed by atoms with E-state index in [1.165, 1.54) is 17.4 Å². The average molecular weight is 254 g/mol. The summed E-state index contributed by atoms with van der Waals surface area (Å²) in [4.78, 5) is 14.4. The van der Waals surface area contributed by atoms with Gasteiger partial charge < -0.3 is 5.32 Å². The first-order valence-electron chi connectivity index (χ1n) is 4.33. The van der Waals surface area contributed by atoms with Gasteiger partial charge in [0.1, 0.15) is 0 Å². The van der Waals surface area contributed by atoms with Crippen LogP contribution in [0.25, 0.3) is 0 Å². The summed E-state index contributed by atoms with van der Waals surface area (Å²) in [6, 6.07) is 2.54. The van der Waals surface area contributed by atoms with Gasteiger partial charge in [0.15, 0.2) is 0 Å². The Kier molecular flexibility index (Phi) is 3.35. The molecule has 3 nitrogen and oxygen atoms in total. The van der Waals surface area contributed by atoms with Gasteiger partial charge in [-0.25, -0.2) is 0 Å². The molecule has 0 fully saturated rings. The van der Waals surface area contributed by atoms with E-state index in [-0.39, 0.29) is 5.69 Å². The van der Waals surface area contributed by atoms with E-state index in [9.17, 15) is 26.7 Å². The lowest BCUT2D eigenvalue weighted by molar-refractivity contribution is -0.267. The van der Waals surface area contributed by atoms with Crippen LogP contribution in [0.1, 0.15) is 5.69 Å². The Morgan fingerprint density at radius 2 is 1.82 bits per heavy atom. The highest BCUT2D eigenvalue weighted by atomic mass is 19.4. The van der Waals surface area contributed by atoms with Gasteiger partial charge in [0.25, 0.3) is 0 Å². The second kappa shape index (κ2) is 4.27. The SMILES string of the molecule is Cc1ccc(NC(=O)C(F)(F)C(F)(F)F)cn1. The van der Waals surface area contributed by atoms with Crippen molar-refractivity contribution in [1.29, 1.82) is 0 Å². The van der Waals surface area contributed by atoms with Crippen molar-refractivity contribution in [2.75, 3.05) is 5.32 Å². The Bertz CT molecular complexity index is 412. The number of halogens is 5. The van der Waals surface area contributed by atoms with Crippen LogP contribution in [-0.2, 0) is 4.79 Å². The lowest BCUT2D eigenvalue weighted by atomic mass is 10.3. The zero-order chi connectivity index (χ0) is 13.3. The summed E-state index contributed by atoms with van der Waals surface area (Å²) in [6.45, 7) is 1.59. The Morgan fingerprint density at radius 1 is 1.24 bits per heavy atom. The van der Waals surface area contributed by atoms with Crippen molar-refractivity contribution in [3.63, 3.8) is 0 Å². The van der Waals surface area contributed by atoms with Crippen LogP contribution in [0.2, 0.25) is 0 Å². The minimum Gasteiger partial charge on any atom is -0.319 e. The maximum atomic E-state index is 12.5. The van der Waals surface area contributed by atoms with Crippen LogP contribution in [0.15, 0.2) is 18.3 Å². The number of nitrogens with zero attached hydrogens (tertiary/aromatic N) is 1. The number of nitrogens with one attached hydrogen (secondary N) is 1. The Hall–Kier alpha value is -1.73. The number of anilines is 1. The first kappa shape index (κ1) is 13.3. The highest BCUT2D eigenvalue weighted by Gasteiger charge is 2.63. The Morgan fingerprint density at radius 3 is 2.24 bits per heavy atom. The molecule has 1 N–H and O–H groups in total. The van der Waals surface area contributed by atoms with Crippen molar-refractivity contribution in [2.45, 2.75) is 19.0 Å². The zero-order valence-electron chi connectivity index (χ0n) is 8.48. The number of alkyl halides is 5. The summed E-state index contributed by atoms with van der Waals surface area (Å²) in [5.41, 5.74) is 0.301. The molecule has 0 radical (unpaired) electrons. The fourth-order valence-electron chi connectivity index (χ4n) is 0.880. The predicted octanol–water partition coefficient (Wildman–Crippen LogP) is 2.53. The van der Waals surface area contributed by atoms with E-state index in [0.29, 0.717) is 5.69 Å². The molecule has 0 aromatic carbocycles. The molecule has 0 saturated carbocycles. The quantitative estimate of drug-likeness (QED) is 0.824. The zero-order valence-corrected chi connectivity index (χ0v) is 8.48. The van der Waals surface area contributed by atoms with Gasteiger partial charge in [-0.1, -0.05) is 0 Å². The van der Waals surface area contributed by atoms with E-state index in [4.69, 9.17) is 0 Å². The number of rotatable bonds is 2. The average Bonchev–Trinajstić information content (AvgIpc) is 2.19. The van der Waals surface area contributed by atoms with Gasteiger partial charge in [0.2, 0.25) is 0 Å². The van der Waals surface area contributed by atoms with Crippen LogP contribution in [0.3, 0.4) is 0 Å². The highest BCUT2D eigenvalue weighted by molar-refractivity contribution is 5.96. The molecule has 94 valence electrons. The number of carbonyl (C=O) groups excluding carboxylic acids is 1. The molecule has 1 aromatic heterocycles. The van der Waals surface area contributed by atoms with Gasteiger partial charge >= 0.3 is 18.0 Å². The monoisotopic (exact) mass is 254 g/mol. The molecular formula is C9H7F5N2O. The fourth-order valence-corrected chi connectivity index (χ4v) is 0.880. The molecule has 0 aliphatic carbocycles. The van der Waals surface area contributed by atoms with Crippen molar-refractivity contribution >= 4 is 11.6 Å². The molecular weight excluding hydrogens is 247 g/mol. The summed E-state index contributed by atoms with van der Waals surface area (Å²) < 4.78 is 60.5. The molecule has 8 heteroatoms. The number of hydrogen-bond donors (Lipinski definition) is 1. The van der Waals surface area contributed by atoms with Crippen LogP contribution in [-0.4, -0.2) is 23.0 Å².